The lowest BCUT2D eigenvalue weighted by atomic mass is 9.93. The number of likely N-dealkylation sites (N-methyl/N-ethyl adjacent to an activating group) is 1. The summed E-state index contributed by atoms with van der Waals surface area (Å²) < 4.78 is 5.30. The highest BCUT2D eigenvalue weighted by Gasteiger charge is 2.52. The highest BCUT2D eigenvalue weighted by molar-refractivity contribution is 8.16. The van der Waals surface area contributed by atoms with Gasteiger partial charge in [0.2, 0.25) is 5.91 Å². The first-order valence-corrected chi connectivity index (χ1v) is 15.3. The number of para-hydroxylation sites is 1. The first-order chi connectivity index (χ1) is 20.4. The van der Waals surface area contributed by atoms with E-state index in [0.717, 1.165) is 45.8 Å². The largest absolute Gasteiger partial charge is 0.491 e. The van der Waals surface area contributed by atoms with Crippen LogP contribution >= 0.6 is 11.8 Å². The van der Waals surface area contributed by atoms with Crippen molar-refractivity contribution < 1.29 is 14.3 Å². The van der Waals surface area contributed by atoms with E-state index in [-0.39, 0.29) is 11.1 Å². The Bertz CT molecular complexity index is 1900. The standard InChI is InChI=1S/C36H30N2O3S/c1-36(20-22-13-15-25(16-14-22)41-21-24-19-23-7-3-4-12-31(23)37(24)2)34(39)38(35(40)42-36)32-18-17-30-28-9-5-8-26(28)27-10-6-11-29(27)33(30)32/h3-18,24,32H,19-21H2,1-2H3. The minimum absolute atomic E-state index is 0.133. The van der Waals surface area contributed by atoms with Crippen LogP contribution in [-0.4, -0.2) is 40.5 Å². The number of ether oxygens (including phenoxy) is 1. The molecular weight excluding hydrogens is 540 g/mol. The van der Waals surface area contributed by atoms with Gasteiger partial charge in [-0.3, -0.25) is 14.5 Å². The summed E-state index contributed by atoms with van der Waals surface area (Å²) >= 11 is 1.15. The molecule has 2 aliphatic heterocycles. The molecule has 0 spiro atoms. The van der Waals surface area contributed by atoms with Crippen molar-refractivity contribution in [2.45, 2.75) is 36.6 Å². The molecule has 1 fully saturated rings. The molecule has 6 heteroatoms. The maximum absolute atomic E-state index is 14.0. The Labute approximate surface area is 249 Å². The van der Waals surface area contributed by atoms with E-state index in [2.05, 4.69) is 78.7 Å². The molecule has 42 heavy (non-hydrogen) atoms. The van der Waals surface area contributed by atoms with Gasteiger partial charge in [0, 0.05) is 12.7 Å². The second-order valence-corrected chi connectivity index (χ2v) is 13.3. The van der Waals surface area contributed by atoms with Crippen molar-refractivity contribution in [2.75, 3.05) is 18.6 Å². The third-order valence-electron chi connectivity index (χ3n) is 9.27. The van der Waals surface area contributed by atoms with E-state index < -0.39 is 10.8 Å². The van der Waals surface area contributed by atoms with Crippen LogP contribution in [0.4, 0.5) is 10.5 Å². The number of amides is 2. The summed E-state index contributed by atoms with van der Waals surface area (Å²) in [6.45, 7) is 2.50. The lowest BCUT2D eigenvalue weighted by Gasteiger charge is -2.26. The first-order valence-electron chi connectivity index (χ1n) is 14.5. The number of carbonyl (C=O) groups is 2. The van der Waals surface area contributed by atoms with Crippen molar-refractivity contribution in [1.29, 1.82) is 0 Å². The first kappa shape index (κ1) is 25.4. The van der Waals surface area contributed by atoms with E-state index in [1.54, 1.807) is 0 Å². The zero-order chi connectivity index (χ0) is 28.6. The molecule has 3 atom stereocenters. The molecule has 0 saturated carbocycles. The van der Waals surface area contributed by atoms with Gasteiger partial charge in [0.25, 0.3) is 5.24 Å². The van der Waals surface area contributed by atoms with Crippen LogP contribution in [0.25, 0.3) is 30.4 Å². The lowest BCUT2D eigenvalue weighted by Crippen LogP contribution is -2.41. The molecule has 8 rings (SSSR count). The van der Waals surface area contributed by atoms with Gasteiger partial charge in [0.15, 0.2) is 0 Å². The Hall–Kier alpha value is -4.29. The highest BCUT2D eigenvalue weighted by atomic mass is 32.2. The summed E-state index contributed by atoms with van der Waals surface area (Å²) in [5, 5.41) is 2.10. The number of carbonyl (C=O) groups excluding carboxylic acids is 2. The molecular formula is C36H30N2O3S. The van der Waals surface area contributed by atoms with E-state index in [4.69, 9.17) is 4.74 Å². The number of anilines is 1. The molecule has 5 aliphatic rings. The summed E-state index contributed by atoms with van der Waals surface area (Å²) in [5.74, 6) is 0.674. The number of thioether (sulfide) groups is 1. The van der Waals surface area contributed by atoms with E-state index in [0.29, 0.717) is 19.1 Å². The number of hydrogen-bond acceptors (Lipinski definition) is 5. The quantitative estimate of drug-likeness (QED) is 0.392. The monoisotopic (exact) mass is 570 g/mol. The zero-order valence-corrected chi connectivity index (χ0v) is 24.4. The predicted octanol–water partition coefficient (Wildman–Crippen LogP) is 5.51. The van der Waals surface area contributed by atoms with Crippen molar-refractivity contribution in [3.63, 3.8) is 0 Å². The fourth-order valence-corrected chi connectivity index (χ4v) is 8.22. The molecule has 2 amide bonds. The predicted molar refractivity (Wildman–Crippen MR) is 171 cm³/mol. The fourth-order valence-electron chi connectivity index (χ4n) is 7.11. The number of benzene rings is 3. The summed E-state index contributed by atoms with van der Waals surface area (Å²) in [5.41, 5.74) is 8.18. The van der Waals surface area contributed by atoms with Crippen LogP contribution in [0.3, 0.4) is 0 Å². The topological polar surface area (TPSA) is 49.9 Å². The molecule has 3 aromatic rings. The third kappa shape index (κ3) is 3.78. The number of rotatable bonds is 6. The molecule has 2 heterocycles. The molecule has 1 saturated heterocycles. The Morgan fingerprint density at radius 2 is 1.67 bits per heavy atom. The normalized spacial score (nSPS) is 24.1. The van der Waals surface area contributed by atoms with Gasteiger partial charge in [-0.2, -0.15) is 0 Å². The van der Waals surface area contributed by atoms with Crippen molar-refractivity contribution in [1.82, 2.24) is 4.90 Å². The van der Waals surface area contributed by atoms with Gasteiger partial charge in [0.05, 0.1) is 12.1 Å². The van der Waals surface area contributed by atoms with Gasteiger partial charge in [-0.15, -0.1) is 0 Å². The summed E-state index contributed by atoms with van der Waals surface area (Å²) in [6.07, 6.45) is 18.1. The molecule has 3 aliphatic carbocycles. The van der Waals surface area contributed by atoms with Gasteiger partial charge in [0.1, 0.15) is 17.1 Å². The number of fused-ring (bicyclic) bond motifs is 7. The Morgan fingerprint density at radius 3 is 2.45 bits per heavy atom. The summed E-state index contributed by atoms with van der Waals surface area (Å²) in [6, 6.07) is 16.4. The molecule has 0 aromatic heterocycles. The summed E-state index contributed by atoms with van der Waals surface area (Å²) in [7, 11) is 2.12. The molecule has 0 radical (unpaired) electrons. The number of hydrogen-bond donors (Lipinski definition) is 0. The SMILES string of the molecule is CN1c2ccccc2CC1COc1ccc(CC2(C)SC(=O)N(C3C=Cc4c3c3c(c5c4=CC=C5)C=CC=3)C2=O)cc1. The Balaban J connectivity index is 0.983. The highest BCUT2D eigenvalue weighted by Crippen LogP contribution is 2.45. The number of nitrogens with zero attached hydrogens (tertiary/aromatic N) is 2. The Morgan fingerprint density at radius 1 is 0.929 bits per heavy atom. The van der Waals surface area contributed by atoms with Gasteiger partial charge in [-0.05, 0) is 93.5 Å². The molecule has 0 N–H and O–H groups in total. The zero-order valence-electron chi connectivity index (χ0n) is 23.5. The second kappa shape index (κ2) is 9.36. The summed E-state index contributed by atoms with van der Waals surface area (Å²) in [4.78, 5) is 31.2. The molecule has 3 unspecified atom stereocenters. The fraction of sp³-hybridized carbons (Fsp3) is 0.222. The second-order valence-electron chi connectivity index (χ2n) is 11.8. The van der Waals surface area contributed by atoms with Crippen LogP contribution < -0.4 is 20.1 Å². The van der Waals surface area contributed by atoms with Crippen molar-refractivity contribution in [3.8, 4) is 5.75 Å². The van der Waals surface area contributed by atoms with Crippen LogP contribution in [0.1, 0.15) is 46.3 Å². The molecule has 0 bridgehead atoms. The van der Waals surface area contributed by atoms with E-state index in [9.17, 15) is 9.59 Å². The smallest absolute Gasteiger partial charge is 0.290 e. The van der Waals surface area contributed by atoms with Crippen molar-refractivity contribution in [3.05, 3.63) is 111 Å². The average molecular weight is 571 g/mol. The minimum atomic E-state index is -0.871. The Kier molecular flexibility index (Phi) is 5.67. The van der Waals surface area contributed by atoms with Crippen LogP contribution in [0, 0.1) is 0 Å². The maximum atomic E-state index is 14.0. The number of imide groups is 1. The van der Waals surface area contributed by atoms with E-state index >= 15 is 0 Å². The van der Waals surface area contributed by atoms with Crippen LogP contribution in [-0.2, 0) is 17.6 Å². The minimum Gasteiger partial charge on any atom is -0.491 e. The van der Waals surface area contributed by atoms with Crippen LogP contribution in [0.5, 0.6) is 5.75 Å². The average Bonchev–Trinajstić information content (AvgIpc) is 3.80. The van der Waals surface area contributed by atoms with Gasteiger partial charge >= 0.3 is 0 Å². The van der Waals surface area contributed by atoms with E-state index in [1.807, 2.05) is 37.3 Å². The van der Waals surface area contributed by atoms with Crippen LogP contribution in [0.15, 0.2) is 66.8 Å². The van der Waals surface area contributed by atoms with Gasteiger partial charge in [-0.25, -0.2) is 0 Å². The third-order valence-corrected chi connectivity index (χ3v) is 10.4. The molecule has 208 valence electrons. The molecule has 3 aromatic carbocycles. The van der Waals surface area contributed by atoms with E-state index in [1.165, 1.54) is 32.5 Å². The number of allylic oxidation sites excluding steroid dienone is 2. The van der Waals surface area contributed by atoms with Gasteiger partial charge < -0.3 is 9.64 Å². The van der Waals surface area contributed by atoms with Crippen LogP contribution in [0.2, 0.25) is 0 Å². The maximum Gasteiger partial charge on any atom is 0.290 e. The van der Waals surface area contributed by atoms with Crippen molar-refractivity contribution in [2.24, 2.45) is 0 Å². The van der Waals surface area contributed by atoms with Gasteiger partial charge in [-0.1, -0.05) is 78.9 Å². The molecule has 5 nitrogen and oxygen atoms in total. The van der Waals surface area contributed by atoms with Crippen molar-refractivity contribution >= 4 is 59.0 Å². The lowest BCUT2D eigenvalue weighted by molar-refractivity contribution is -0.130.